The molecule has 1 aromatic heterocycles. The number of nitrogens with one attached hydrogen (secondary N) is 1. The number of anilines is 1. The quantitative estimate of drug-likeness (QED) is 0.730. The molecule has 0 spiro atoms. The van der Waals surface area contributed by atoms with Gasteiger partial charge in [0.1, 0.15) is 5.02 Å². The van der Waals surface area contributed by atoms with Crippen LogP contribution in [0, 0.1) is 5.92 Å². The fourth-order valence-electron chi connectivity index (χ4n) is 3.48. The van der Waals surface area contributed by atoms with Gasteiger partial charge in [0.25, 0.3) is 5.56 Å². The minimum Gasteiger partial charge on any atom is -0.465 e. The lowest BCUT2D eigenvalue weighted by Gasteiger charge is -2.34. The normalized spacial score (nSPS) is 14.6. The molecule has 1 fully saturated rings. The number of amides is 1. The molecule has 1 aromatic carbocycles. The van der Waals surface area contributed by atoms with E-state index in [1.165, 1.54) is 13.3 Å². The number of rotatable bonds is 5. The number of carbonyl (C=O) groups is 2. The van der Waals surface area contributed by atoms with Crippen LogP contribution in [0.5, 0.6) is 0 Å². The van der Waals surface area contributed by atoms with Crippen molar-refractivity contribution >= 4 is 29.2 Å². The van der Waals surface area contributed by atoms with Gasteiger partial charge in [-0.25, -0.2) is 4.79 Å². The van der Waals surface area contributed by atoms with E-state index >= 15 is 0 Å². The molecule has 1 aliphatic heterocycles. The molecular weight excluding hydrogens is 408 g/mol. The fraction of sp³-hybridized carbons (Fsp3) is 0.429. The molecule has 0 atom stereocenters. The number of carbonyl (C=O) groups excluding carboxylic acids is 2. The van der Waals surface area contributed by atoms with Crippen molar-refractivity contribution in [3.63, 3.8) is 0 Å². The van der Waals surface area contributed by atoms with Gasteiger partial charge in [-0.1, -0.05) is 37.6 Å². The summed E-state index contributed by atoms with van der Waals surface area (Å²) in [5, 5.41) is 7.46. The van der Waals surface area contributed by atoms with E-state index < -0.39 is 11.5 Å². The molecule has 3 rings (SSSR count). The van der Waals surface area contributed by atoms with Crippen LogP contribution in [0.4, 0.5) is 5.69 Å². The Morgan fingerprint density at radius 2 is 1.90 bits per heavy atom. The third-order valence-electron chi connectivity index (χ3n) is 5.12. The molecule has 9 heteroatoms. The Balaban J connectivity index is 1.78. The summed E-state index contributed by atoms with van der Waals surface area (Å²) in [5.74, 6) is -0.436. The molecule has 0 bridgehead atoms. The van der Waals surface area contributed by atoms with Gasteiger partial charge in [0.15, 0.2) is 0 Å². The first-order chi connectivity index (χ1) is 14.3. The summed E-state index contributed by atoms with van der Waals surface area (Å²) in [6.45, 7) is 5.10. The number of para-hydroxylation sites is 1. The monoisotopic (exact) mass is 432 g/mol. The first-order valence-corrected chi connectivity index (χ1v) is 10.2. The van der Waals surface area contributed by atoms with Crippen molar-refractivity contribution < 1.29 is 14.3 Å². The molecule has 160 valence electrons. The van der Waals surface area contributed by atoms with Crippen LogP contribution in [0.3, 0.4) is 0 Å². The lowest BCUT2D eigenvalue weighted by atomic mass is 10.0. The smallest absolute Gasteiger partial charge is 0.340 e. The minimum absolute atomic E-state index is 0.00893. The van der Waals surface area contributed by atoms with Gasteiger partial charge in [-0.2, -0.15) is 9.78 Å². The Bertz CT molecular complexity index is 997. The summed E-state index contributed by atoms with van der Waals surface area (Å²) in [5.41, 5.74) is 0.407. The molecule has 1 N–H and O–H groups in total. The maximum absolute atomic E-state index is 12.8. The van der Waals surface area contributed by atoms with E-state index in [9.17, 15) is 14.4 Å². The Kier molecular flexibility index (Phi) is 6.77. The summed E-state index contributed by atoms with van der Waals surface area (Å²) in [6, 6.07) is 6.61. The highest BCUT2D eigenvalue weighted by Gasteiger charge is 2.25. The SMILES string of the molecule is COC(=O)c1ccccc1-n1ncc(NC2CCN(C(=O)C(C)C)CC2)c(Cl)c1=O. The van der Waals surface area contributed by atoms with Crippen LogP contribution >= 0.6 is 11.6 Å². The highest BCUT2D eigenvalue weighted by molar-refractivity contribution is 6.33. The lowest BCUT2D eigenvalue weighted by Crippen LogP contribution is -2.44. The third kappa shape index (κ3) is 4.48. The fourth-order valence-corrected chi connectivity index (χ4v) is 3.66. The van der Waals surface area contributed by atoms with Crippen molar-refractivity contribution in [3.05, 3.63) is 51.4 Å². The predicted molar refractivity (Wildman–Crippen MR) is 114 cm³/mol. The number of halogens is 1. The first-order valence-electron chi connectivity index (χ1n) is 9.84. The van der Waals surface area contributed by atoms with Gasteiger partial charge >= 0.3 is 5.97 Å². The summed E-state index contributed by atoms with van der Waals surface area (Å²) >= 11 is 6.34. The van der Waals surface area contributed by atoms with Crippen molar-refractivity contribution in [1.82, 2.24) is 14.7 Å². The molecule has 1 saturated heterocycles. The van der Waals surface area contributed by atoms with E-state index in [1.807, 2.05) is 18.7 Å². The van der Waals surface area contributed by atoms with Crippen molar-refractivity contribution in [3.8, 4) is 5.69 Å². The zero-order chi connectivity index (χ0) is 21.8. The first kappa shape index (κ1) is 21.8. The van der Waals surface area contributed by atoms with Gasteiger partial charge in [-0.05, 0) is 25.0 Å². The molecule has 30 heavy (non-hydrogen) atoms. The molecule has 1 aliphatic rings. The lowest BCUT2D eigenvalue weighted by molar-refractivity contribution is -0.135. The number of methoxy groups -OCH3 is 1. The third-order valence-corrected chi connectivity index (χ3v) is 5.48. The van der Waals surface area contributed by atoms with Crippen LogP contribution in [0.1, 0.15) is 37.0 Å². The largest absolute Gasteiger partial charge is 0.465 e. The number of benzene rings is 1. The zero-order valence-corrected chi connectivity index (χ0v) is 18.0. The van der Waals surface area contributed by atoms with Crippen molar-refractivity contribution in [2.24, 2.45) is 5.92 Å². The Hall–Kier alpha value is -2.87. The summed E-state index contributed by atoms with van der Waals surface area (Å²) < 4.78 is 5.86. The van der Waals surface area contributed by atoms with Crippen molar-refractivity contribution in [2.75, 3.05) is 25.5 Å². The second kappa shape index (κ2) is 9.30. The highest BCUT2D eigenvalue weighted by atomic mass is 35.5. The maximum atomic E-state index is 12.8. The van der Waals surface area contributed by atoms with Crippen molar-refractivity contribution in [1.29, 1.82) is 0 Å². The van der Waals surface area contributed by atoms with Crippen LogP contribution in [-0.4, -0.2) is 52.8 Å². The van der Waals surface area contributed by atoms with Crippen LogP contribution in [-0.2, 0) is 9.53 Å². The van der Waals surface area contributed by atoms with Gasteiger partial charge in [0.05, 0.1) is 30.2 Å². The van der Waals surface area contributed by atoms with Gasteiger partial charge < -0.3 is 15.0 Å². The molecule has 0 saturated carbocycles. The molecule has 1 amide bonds. The number of ether oxygens (including phenoxy) is 1. The number of likely N-dealkylation sites (tertiary alicyclic amines) is 1. The van der Waals surface area contributed by atoms with E-state index in [2.05, 4.69) is 10.4 Å². The predicted octanol–water partition coefficient (Wildman–Crippen LogP) is 2.73. The van der Waals surface area contributed by atoms with E-state index in [0.29, 0.717) is 24.5 Å². The van der Waals surface area contributed by atoms with Crippen LogP contribution in [0.25, 0.3) is 5.69 Å². The molecule has 0 radical (unpaired) electrons. The van der Waals surface area contributed by atoms with Crippen LogP contribution in [0.15, 0.2) is 35.3 Å². The maximum Gasteiger partial charge on any atom is 0.340 e. The number of aromatic nitrogens is 2. The topological polar surface area (TPSA) is 93.5 Å². The van der Waals surface area contributed by atoms with Crippen LogP contribution < -0.4 is 10.9 Å². The molecule has 2 heterocycles. The number of hydrogen-bond donors (Lipinski definition) is 1. The summed E-state index contributed by atoms with van der Waals surface area (Å²) in [6.07, 6.45) is 2.98. The Morgan fingerprint density at radius 1 is 1.23 bits per heavy atom. The van der Waals surface area contributed by atoms with E-state index in [1.54, 1.807) is 24.3 Å². The average molecular weight is 433 g/mol. The number of piperidine rings is 1. The number of nitrogens with zero attached hydrogens (tertiary/aromatic N) is 3. The van der Waals surface area contributed by atoms with E-state index in [4.69, 9.17) is 16.3 Å². The number of hydrogen-bond acceptors (Lipinski definition) is 6. The second-order valence-electron chi connectivity index (χ2n) is 7.50. The Morgan fingerprint density at radius 3 is 2.53 bits per heavy atom. The highest BCUT2D eigenvalue weighted by Crippen LogP contribution is 2.23. The standard InChI is InChI=1S/C21H25ClN4O4/c1-13(2)19(27)25-10-8-14(9-11-25)24-16-12-23-26(20(28)18(16)22)17-7-5-4-6-15(17)21(29)30-3/h4-7,12-14,24H,8-11H2,1-3H3. The average Bonchev–Trinajstić information content (AvgIpc) is 2.76. The summed E-state index contributed by atoms with van der Waals surface area (Å²) in [4.78, 5) is 38.8. The van der Waals surface area contributed by atoms with E-state index in [-0.39, 0.29) is 28.5 Å². The van der Waals surface area contributed by atoms with Gasteiger partial charge in [0.2, 0.25) is 5.91 Å². The zero-order valence-electron chi connectivity index (χ0n) is 17.2. The van der Waals surface area contributed by atoms with Crippen LogP contribution in [0.2, 0.25) is 5.02 Å². The Labute approximate surface area is 179 Å². The van der Waals surface area contributed by atoms with Gasteiger partial charge in [-0.15, -0.1) is 0 Å². The molecular formula is C21H25ClN4O4. The molecule has 0 unspecified atom stereocenters. The van der Waals surface area contributed by atoms with E-state index in [0.717, 1.165) is 17.5 Å². The number of esters is 1. The molecule has 8 nitrogen and oxygen atoms in total. The van der Waals surface area contributed by atoms with Crippen molar-refractivity contribution in [2.45, 2.75) is 32.7 Å². The van der Waals surface area contributed by atoms with Gasteiger partial charge in [0, 0.05) is 25.0 Å². The minimum atomic E-state index is -0.569. The molecule has 0 aliphatic carbocycles. The van der Waals surface area contributed by atoms with Gasteiger partial charge in [-0.3, -0.25) is 9.59 Å². The molecule has 2 aromatic rings. The summed E-state index contributed by atoms with van der Waals surface area (Å²) in [7, 11) is 1.27. The second-order valence-corrected chi connectivity index (χ2v) is 7.87.